The Morgan fingerprint density at radius 3 is 2.60 bits per heavy atom. The Kier molecular flexibility index (Phi) is 5.97. The Balaban J connectivity index is 1.44. The molecule has 1 aliphatic heterocycles. The van der Waals surface area contributed by atoms with Crippen molar-refractivity contribution in [1.82, 2.24) is 20.6 Å². The van der Waals surface area contributed by atoms with Gasteiger partial charge in [0, 0.05) is 66.0 Å². The molecule has 182 valence electrons. The van der Waals surface area contributed by atoms with Crippen molar-refractivity contribution in [3.05, 3.63) is 71.2 Å². The SMILES string of the molecule is CCNC(=O)c1cnc(Nc2ccc3c(c2)CNCC32CC2)cc1Nc1ccnc(C(C)(C)C)c1. The number of pyridine rings is 2. The molecule has 0 bridgehead atoms. The average molecular weight is 471 g/mol. The normalized spacial score (nSPS) is 15.9. The van der Waals surface area contributed by atoms with E-state index in [4.69, 9.17) is 0 Å². The molecule has 3 aromatic rings. The summed E-state index contributed by atoms with van der Waals surface area (Å²) in [4.78, 5) is 21.8. The van der Waals surface area contributed by atoms with Crippen LogP contribution in [0.3, 0.4) is 0 Å². The van der Waals surface area contributed by atoms with Crippen LogP contribution in [0.2, 0.25) is 0 Å². The van der Waals surface area contributed by atoms with Crippen LogP contribution in [0.1, 0.15) is 67.7 Å². The molecule has 1 amide bonds. The summed E-state index contributed by atoms with van der Waals surface area (Å²) in [5.41, 5.74) is 7.14. The van der Waals surface area contributed by atoms with Crippen LogP contribution in [0, 0.1) is 0 Å². The van der Waals surface area contributed by atoms with Crippen molar-refractivity contribution in [2.24, 2.45) is 0 Å². The van der Waals surface area contributed by atoms with E-state index < -0.39 is 0 Å². The molecule has 0 saturated heterocycles. The first-order valence-corrected chi connectivity index (χ1v) is 12.4. The number of benzene rings is 1. The quantitative estimate of drug-likeness (QED) is 0.399. The van der Waals surface area contributed by atoms with Crippen LogP contribution in [0.5, 0.6) is 0 Å². The van der Waals surface area contributed by atoms with E-state index in [0.29, 0.717) is 29.0 Å². The van der Waals surface area contributed by atoms with E-state index in [-0.39, 0.29) is 11.3 Å². The van der Waals surface area contributed by atoms with Gasteiger partial charge in [0.05, 0.1) is 11.3 Å². The third-order valence-electron chi connectivity index (χ3n) is 6.87. The second-order valence-corrected chi connectivity index (χ2v) is 10.7. The fourth-order valence-corrected chi connectivity index (χ4v) is 4.75. The zero-order valence-corrected chi connectivity index (χ0v) is 21.0. The maximum Gasteiger partial charge on any atom is 0.254 e. The molecule has 1 spiro atoms. The highest BCUT2D eigenvalue weighted by Crippen LogP contribution is 2.50. The van der Waals surface area contributed by atoms with E-state index >= 15 is 0 Å². The van der Waals surface area contributed by atoms with Gasteiger partial charge in [-0.05, 0) is 55.2 Å². The van der Waals surface area contributed by atoms with Crippen molar-refractivity contribution >= 4 is 28.8 Å². The zero-order chi connectivity index (χ0) is 24.6. The number of carbonyl (C=O) groups excluding carboxylic acids is 1. The maximum absolute atomic E-state index is 12.7. The lowest BCUT2D eigenvalue weighted by atomic mass is 9.88. The molecule has 4 N–H and O–H groups in total. The van der Waals surface area contributed by atoms with Gasteiger partial charge in [-0.3, -0.25) is 9.78 Å². The number of hydrogen-bond acceptors (Lipinski definition) is 6. The van der Waals surface area contributed by atoms with Gasteiger partial charge in [-0.15, -0.1) is 0 Å². The molecule has 0 radical (unpaired) electrons. The monoisotopic (exact) mass is 470 g/mol. The molecule has 1 aromatic carbocycles. The lowest BCUT2D eigenvalue weighted by molar-refractivity contribution is 0.0956. The van der Waals surface area contributed by atoms with Gasteiger partial charge in [0.1, 0.15) is 5.82 Å². The highest BCUT2D eigenvalue weighted by Gasteiger charge is 2.46. The van der Waals surface area contributed by atoms with E-state index in [0.717, 1.165) is 30.2 Å². The first-order chi connectivity index (χ1) is 16.8. The van der Waals surface area contributed by atoms with Gasteiger partial charge in [-0.25, -0.2) is 4.98 Å². The smallest absolute Gasteiger partial charge is 0.254 e. The predicted molar refractivity (Wildman–Crippen MR) is 141 cm³/mol. The van der Waals surface area contributed by atoms with Gasteiger partial charge in [-0.2, -0.15) is 0 Å². The summed E-state index contributed by atoms with van der Waals surface area (Å²) in [5.74, 6) is 0.518. The Labute approximate surface area is 207 Å². The summed E-state index contributed by atoms with van der Waals surface area (Å²) in [7, 11) is 0. The molecule has 0 atom stereocenters. The van der Waals surface area contributed by atoms with Gasteiger partial charge in [0.25, 0.3) is 5.91 Å². The Morgan fingerprint density at radius 2 is 1.86 bits per heavy atom. The second-order valence-electron chi connectivity index (χ2n) is 10.7. The highest BCUT2D eigenvalue weighted by atomic mass is 16.1. The molecule has 1 saturated carbocycles. The molecule has 1 fully saturated rings. The number of nitrogens with one attached hydrogen (secondary N) is 4. The predicted octanol–water partition coefficient (Wildman–Crippen LogP) is 5.15. The molecule has 2 aliphatic rings. The molecule has 3 heterocycles. The molecular formula is C28H34N6O. The van der Waals surface area contributed by atoms with E-state index in [1.165, 1.54) is 24.0 Å². The molecule has 7 heteroatoms. The molecule has 1 aliphatic carbocycles. The molecular weight excluding hydrogens is 436 g/mol. The van der Waals surface area contributed by atoms with Crippen LogP contribution in [0.15, 0.2) is 48.8 Å². The maximum atomic E-state index is 12.7. The van der Waals surface area contributed by atoms with E-state index in [2.05, 4.69) is 70.2 Å². The van der Waals surface area contributed by atoms with Crippen LogP contribution in [-0.2, 0) is 17.4 Å². The molecule has 5 rings (SSSR count). The third kappa shape index (κ3) is 4.86. The van der Waals surface area contributed by atoms with E-state index in [1.54, 1.807) is 12.4 Å². The van der Waals surface area contributed by atoms with Crippen molar-refractivity contribution in [2.75, 3.05) is 23.7 Å². The second kappa shape index (κ2) is 8.96. The fraction of sp³-hybridized carbons (Fsp3) is 0.393. The summed E-state index contributed by atoms with van der Waals surface area (Å²) in [6.45, 7) is 10.8. The Morgan fingerprint density at radius 1 is 1.06 bits per heavy atom. The molecule has 35 heavy (non-hydrogen) atoms. The number of anilines is 4. The van der Waals surface area contributed by atoms with Gasteiger partial charge in [0.2, 0.25) is 0 Å². The fourth-order valence-electron chi connectivity index (χ4n) is 4.75. The Bertz CT molecular complexity index is 1260. The van der Waals surface area contributed by atoms with Gasteiger partial charge in [0.15, 0.2) is 0 Å². The summed E-state index contributed by atoms with van der Waals surface area (Å²) in [5, 5.41) is 13.3. The van der Waals surface area contributed by atoms with Crippen LogP contribution in [-0.4, -0.2) is 29.0 Å². The summed E-state index contributed by atoms with van der Waals surface area (Å²) < 4.78 is 0. The highest BCUT2D eigenvalue weighted by molar-refractivity contribution is 6.00. The number of fused-ring (bicyclic) bond motifs is 2. The largest absolute Gasteiger partial charge is 0.355 e. The zero-order valence-electron chi connectivity index (χ0n) is 21.0. The molecule has 7 nitrogen and oxygen atoms in total. The minimum absolute atomic E-state index is 0.0780. The lowest BCUT2D eigenvalue weighted by Gasteiger charge is -2.26. The van der Waals surface area contributed by atoms with E-state index in [9.17, 15) is 4.79 Å². The van der Waals surface area contributed by atoms with Crippen molar-refractivity contribution in [3.63, 3.8) is 0 Å². The number of amides is 1. The summed E-state index contributed by atoms with van der Waals surface area (Å²) in [6.07, 6.45) is 5.96. The standard InChI is InChI=1S/C28H34N6O/c1-5-30-26(35)21-16-32-25(14-23(21)33-20-8-11-31-24(13-20)27(2,3)4)34-19-6-7-22-18(12-19)15-29-17-28(22)9-10-28/h6-8,11-14,16,29H,5,9-10,15,17H2,1-4H3,(H,30,35)(H2,31,32,33,34). The van der Waals surface area contributed by atoms with Crippen LogP contribution >= 0.6 is 0 Å². The lowest BCUT2D eigenvalue weighted by Crippen LogP contribution is -2.33. The van der Waals surface area contributed by atoms with Crippen molar-refractivity contribution in [3.8, 4) is 0 Å². The Hall–Kier alpha value is -3.45. The van der Waals surface area contributed by atoms with Crippen molar-refractivity contribution < 1.29 is 4.79 Å². The third-order valence-corrected chi connectivity index (χ3v) is 6.87. The van der Waals surface area contributed by atoms with Gasteiger partial charge >= 0.3 is 0 Å². The number of aromatic nitrogens is 2. The minimum Gasteiger partial charge on any atom is -0.355 e. The van der Waals surface area contributed by atoms with Crippen molar-refractivity contribution in [2.45, 2.75) is 57.9 Å². The molecule has 0 unspecified atom stereocenters. The van der Waals surface area contributed by atoms with Crippen LogP contribution in [0.25, 0.3) is 0 Å². The first kappa shape index (κ1) is 23.3. The first-order valence-electron chi connectivity index (χ1n) is 12.4. The summed E-state index contributed by atoms with van der Waals surface area (Å²) in [6, 6.07) is 12.4. The summed E-state index contributed by atoms with van der Waals surface area (Å²) >= 11 is 0. The molecule has 2 aromatic heterocycles. The minimum atomic E-state index is -0.159. The van der Waals surface area contributed by atoms with Gasteiger partial charge < -0.3 is 21.3 Å². The number of hydrogen-bond donors (Lipinski definition) is 4. The van der Waals surface area contributed by atoms with Crippen molar-refractivity contribution in [1.29, 1.82) is 0 Å². The number of nitrogens with zero attached hydrogens (tertiary/aromatic N) is 2. The van der Waals surface area contributed by atoms with Crippen LogP contribution in [0.4, 0.5) is 22.9 Å². The number of carbonyl (C=O) groups is 1. The van der Waals surface area contributed by atoms with Gasteiger partial charge in [-0.1, -0.05) is 26.8 Å². The topological polar surface area (TPSA) is 91.0 Å². The van der Waals surface area contributed by atoms with E-state index in [1.807, 2.05) is 25.1 Å². The van der Waals surface area contributed by atoms with Crippen LogP contribution < -0.4 is 21.3 Å². The number of rotatable bonds is 6. The average Bonchev–Trinajstić information content (AvgIpc) is 3.59.